The van der Waals surface area contributed by atoms with E-state index in [1.165, 1.54) is 62.5 Å². The Hall–Kier alpha value is -1.55. The van der Waals surface area contributed by atoms with Crippen molar-refractivity contribution in [3.63, 3.8) is 0 Å². The summed E-state index contributed by atoms with van der Waals surface area (Å²) >= 11 is 0. The number of aliphatic carboxylic acids is 1. The predicted molar refractivity (Wildman–Crippen MR) is 131 cm³/mol. The second-order valence-electron chi connectivity index (χ2n) is 11.5. The van der Waals surface area contributed by atoms with Crippen LogP contribution in [-0.4, -0.2) is 27.4 Å². The third kappa shape index (κ3) is 5.42. The van der Waals surface area contributed by atoms with E-state index < -0.39 is 5.97 Å². The van der Waals surface area contributed by atoms with E-state index >= 15 is 0 Å². The fraction of sp³-hybridized carbons (Fsp3) is 0.759. The second-order valence-corrected chi connectivity index (χ2v) is 11.5. The maximum Gasteiger partial charge on any atom is 0.303 e. The highest BCUT2D eigenvalue weighted by molar-refractivity contribution is 5.66. The lowest BCUT2D eigenvalue weighted by Crippen LogP contribution is -2.47. The molecule has 0 heterocycles. The van der Waals surface area contributed by atoms with Crippen molar-refractivity contribution >= 4 is 5.97 Å². The number of unbranched alkanes of at least 4 members (excludes halogenated alkanes) is 7. The molecule has 0 bridgehead atoms. The van der Waals surface area contributed by atoms with Gasteiger partial charge in [0.05, 0.1) is 6.10 Å². The first-order valence-corrected chi connectivity index (χ1v) is 13.6. The second kappa shape index (κ2) is 10.8. The van der Waals surface area contributed by atoms with Crippen molar-refractivity contribution in [1.82, 2.24) is 0 Å². The van der Waals surface area contributed by atoms with Crippen molar-refractivity contribution in [2.24, 2.45) is 23.2 Å². The van der Waals surface area contributed by atoms with Gasteiger partial charge < -0.3 is 15.3 Å². The molecule has 0 spiro atoms. The molecule has 1 aromatic rings. The SMILES string of the molecule is C[C@]12CCC3c4ccc(O)cc4C[C@@H](CCCCCCCCCCC(=O)O)C3C1CC[C@@H]2O. The molecule has 3 aliphatic rings. The number of fused-ring (bicyclic) bond motifs is 5. The van der Waals surface area contributed by atoms with Gasteiger partial charge in [-0.05, 0) is 97.3 Å². The van der Waals surface area contributed by atoms with Gasteiger partial charge in [-0.25, -0.2) is 0 Å². The van der Waals surface area contributed by atoms with Gasteiger partial charge in [0.2, 0.25) is 0 Å². The number of phenols is 1. The lowest BCUT2D eigenvalue weighted by atomic mass is 9.52. The molecule has 4 rings (SSSR count). The van der Waals surface area contributed by atoms with Gasteiger partial charge in [-0.3, -0.25) is 4.79 Å². The van der Waals surface area contributed by atoms with Crippen molar-refractivity contribution in [1.29, 1.82) is 0 Å². The summed E-state index contributed by atoms with van der Waals surface area (Å²) in [6.07, 6.45) is 16.2. The van der Waals surface area contributed by atoms with E-state index in [-0.39, 0.29) is 11.5 Å². The fourth-order valence-electron chi connectivity index (χ4n) is 7.77. The van der Waals surface area contributed by atoms with Crippen LogP contribution in [0.15, 0.2) is 18.2 Å². The zero-order chi connectivity index (χ0) is 23.4. The standard InChI is InChI=1S/C29H44O4/c1-29-17-16-24-23-13-12-22(30)19-21(23)18-20(28(24)25(29)14-15-26(29)31)10-8-6-4-2-3-5-7-9-11-27(32)33/h12-13,19-20,24-26,28,30-31H,2-11,14-18H2,1H3,(H,32,33)/t20-,24?,25?,26+,28?,29+/m1/s1. The molecule has 2 saturated carbocycles. The summed E-state index contributed by atoms with van der Waals surface area (Å²) in [5.41, 5.74) is 2.93. The topological polar surface area (TPSA) is 77.8 Å². The van der Waals surface area contributed by atoms with Crippen molar-refractivity contribution in [3.05, 3.63) is 29.3 Å². The Morgan fingerprint density at radius 1 is 1.00 bits per heavy atom. The van der Waals surface area contributed by atoms with E-state index in [0.29, 0.717) is 35.8 Å². The first-order chi connectivity index (χ1) is 15.9. The highest BCUT2D eigenvalue weighted by Crippen LogP contribution is 2.62. The van der Waals surface area contributed by atoms with Crippen molar-refractivity contribution in [2.75, 3.05) is 0 Å². The Morgan fingerprint density at radius 2 is 1.70 bits per heavy atom. The predicted octanol–water partition coefficient (Wildman–Crippen LogP) is 6.82. The van der Waals surface area contributed by atoms with Gasteiger partial charge in [0.1, 0.15) is 5.75 Å². The number of hydrogen-bond donors (Lipinski definition) is 3. The maximum absolute atomic E-state index is 10.8. The molecule has 33 heavy (non-hydrogen) atoms. The van der Waals surface area contributed by atoms with E-state index in [2.05, 4.69) is 13.0 Å². The Morgan fingerprint density at radius 3 is 2.42 bits per heavy atom. The highest BCUT2D eigenvalue weighted by Gasteiger charge is 2.56. The van der Waals surface area contributed by atoms with Crippen LogP contribution in [0, 0.1) is 23.2 Å². The molecule has 184 valence electrons. The normalized spacial score (nSPS) is 32.7. The smallest absolute Gasteiger partial charge is 0.303 e. The van der Waals surface area contributed by atoms with Crippen molar-refractivity contribution in [2.45, 2.75) is 115 Å². The van der Waals surface area contributed by atoms with Gasteiger partial charge in [-0.2, -0.15) is 0 Å². The van der Waals surface area contributed by atoms with Crippen LogP contribution < -0.4 is 0 Å². The minimum absolute atomic E-state index is 0.0917. The molecule has 0 aromatic heterocycles. The van der Waals surface area contributed by atoms with E-state index in [4.69, 9.17) is 5.11 Å². The highest BCUT2D eigenvalue weighted by atomic mass is 16.4. The Balaban J connectivity index is 1.31. The summed E-state index contributed by atoms with van der Waals surface area (Å²) in [7, 11) is 0. The maximum atomic E-state index is 10.8. The summed E-state index contributed by atoms with van der Waals surface area (Å²) < 4.78 is 0. The average Bonchev–Trinajstić information content (AvgIpc) is 3.08. The van der Waals surface area contributed by atoms with Crippen LogP contribution in [0.5, 0.6) is 5.75 Å². The number of rotatable bonds is 11. The van der Waals surface area contributed by atoms with E-state index in [0.717, 1.165) is 38.5 Å². The van der Waals surface area contributed by atoms with Gasteiger partial charge in [-0.1, -0.05) is 57.9 Å². The van der Waals surface area contributed by atoms with Gasteiger partial charge in [0, 0.05) is 6.42 Å². The summed E-state index contributed by atoms with van der Waals surface area (Å²) in [6, 6.07) is 6.07. The summed E-state index contributed by atoms with van der Waals surface area (Å²) in [5.74, 6) is 2.27. The zero-order valence-corrected chi connectivity index (χ0v) is 20.5. The van der Waals surface area contributed by atoms with Crippen LogP contribution in [0.2, 0.25) is 0 Å². The minimum Gasteiger partial charge on any atom is -0.508 e. The Kier molecular flexibility index (Phi) is 8.04. The zero-order valence-electron chi connectivity index (χ0n) is 20.5. The van der Waals surface area contributed by atoms with Crippen LogP contribution >= 0.6 is 0 Å². The van der Waals surface area contributed by atoms with Crippen LogP contribution in [-0.2, 0) is 11.2 Å². The number of hydrogen-bond acceptors (Lipinski definition) is 3. The van der Waals surface area contributed by atoms with Crippen molar-refractivity contribution < 1.29 is 20.1 Å². The summed E-state index contributed by atoms with van der Waals surface area (Å²) in [4.78, 5) is 10.6. The monoisotopic (exact) mass is 456 g/mol. The van der Waals surface area contributed by atoms with E-state index in [9.17, 15) is 15.0 Å². The third-order valence-corrected chi connectivity index (χ3v) is 9.55. The first kappa shape index (κ1) is 24.6. The van der Waals surface area contributed by atoms with Crippen LogP contribution in [0.3, 0.4) is 0 Å². The first-order valence-electron chi connectivity index (χ1n) is 13.6. The molecule has 3 aliphatic carbocycles. The number of aliphatic hydroxyl groups excluding tert-OH is 1. The van der Waals surface area contributed by atoms with Gasteiger partial charge in [-0.15, -0.1) is 0 Å². The third-order valence-electron chi connectivity index (χ3n) is 9.55. The Labute approximate surface area is 199 Å². The Bertz CT molecular complexity index is 805. The molecule has 0 aliphatic heterocycles. The number of carboxylic acid groups (broad SMARTS) is 1. The molecule has 0 radical (unpaired) electrons. The molecule has 6 atom stereocenters. The van der Waals surface area contributed by atoms with Gasteiger partial charge in [0.25, 0.3) is 0 Å². The van der Waals surface area contributed by atoms with E-state index in [1.54, 1.807) is 0 Å². The lowest BCUT2D eigenvalue weighted by molar-refractivity contribution is -0.137. The number of aliphatic hydroxyl groups is 1. The summed E-state index contributed by atoms with van der Waals surface area (Å²) in [6.45, 7) is 2.35. The molecule has 3 unspecified atom stereocenters. The minimum atomic E-state index is -0.678. The molecule has 2 fully saturated rings. The van der Waals surface area contributed by atoms with E-state index in [1.807, 2.05) is 12.1 Å². The van der Waals surface area contributed by atoms with Crippen LogP contribution in [0.1, 0.15) is 114 Å². The van der Waals surface area contributed by atoms with Gasteiger partial charge in [0.15, 0.2) is 0 Å². The average molecular weight is 457 g/mol. The van der Waals surface area contributed by atoms with Gasteiger partial charge >= 0.3 is 5.97 Å². The lowest BCUT2D eigenvalue weighted by Gasteiger charge is -2.53. The fourth-order valence-corrected chi connectivity index (χ4v) is 7.77. The van der Waals surface area contributed by atoms with Crippen LogP contribution in [0.4, 0.5) is 0 Å². The number of carboxylic acids is 1. The van der Waals surface area contributed by atoms with Crippen molar-refractivity contribution in [3.8, 4) is 5.75 Å². The molecule has 4 heteroatoms. The number of aromatic hydroxyl groups is 1. The molecular formula is C29H44O4. The molecular weight excluding hydrogens is 412 g/mol. The molecule has 0 saturated heterocycles. The molecule has 3 N–H and O–H groups in total. The summed E-state index contributed by atoms with van der Waals surface area (Å²) in [5, 5.41) is 29.6. The molecule has 1 aromatic carbocycles. The largest absolute Gasteiger partial charge is 0.508 e. The number of benzene rings is 1. The number of phenolic OH excluding ortho intramolecular Hbond substituents is 1. The molecule has 4 nitrogen and oxygen atoms in total. The van der Waals surface area contributed by atoms with Crippen LogP contribution in [0.25, 0.3) is 0 Å². The molecule has 0 amide bonds. The quantitative estimate of drug-likeness (QED) is 0.319. The number of carbonyl (C=O) groups is 1.